The number of hydrogen-bond acceptors (Lipinski definition) is 5. The van der Waals surface area contributed by atoms with E-state index in [0.717, 1.165) is 0 Å². The average Bonchev–Trinajstić information content (AvgIpc) is 2.53. The van der Waals surface area contributed by atoms with Gasteiger partial charge in [-0.1, -0.05) is 12.1 Å². The highest BCUT2D eigenvalue weighted by Gasteiger charge is 2.13. The maximum absolute atomic E-state index is 11.2. The third-order valence-corrected chi connectivity index (χ3v) is 3.13. The molecule has 1 unspecified atom stereocenters. The maximum atomic E-state index is 11.2. The Morgan fingerprint density at radius 2 is 1.95 bits per heavy atom. The Hall–Kier alpha value is -2.73. The molecule has 0 fully saturated rings. The second-order valence-corrected chi connectivity index (χ2v) is 4.76. The van der Waals surface area contributed by atoms with E-state index in [1.165, 1.54) is 25.1 Å². The fraction of sp³-hybridized carbons (Fsp3) is 0.188. The lowest BCUT2D eigenvalue weighted by molar-refractivity contribution is -0.385. The largest absolute Gasteiger partial charge is 0.491 e. The number of carbonyl (C=O) groups is 1. The highest BCUT2D eigenvalue weighted by Crippen LogP contribution is 2.21. The molecule has 2 rings (SSSR count). The topological polar surface area (TPSA) is 89.7 Å². The number of non-ortho nitro benzene ring substituents is 1. The first-order chi connectivity index (χ1) is 10.5. The quantitative estimate of drug-likeness (QED) is 0.503. The van der Waals surface area contributed by atoms with Crippen molar-refractivity contribution < 1.29 is 19.6 Å². The number of ketones is 1. The summed E-state index contributed by atoms with van der Waals surface area (Å²) in [6.07, 6.45) is -0.979. The molecule has 6 heteroatoms. The molecular formula is C16H15NO5. The second kappa shape index (κ2) is 6.82. The van der Waals surface area contributed by atoms with E-state index >= 15 is 0 Å². The molecule has 114 valence electrons. The zero-order valence-electron chi connectivity index (χ0n) is 11.9. The predicted molar refractivity (Wildman–Crippen MR) is 80.0 cm³/mol. The zero-order chi connectivity index (χ0) is 16.1. The van der Waals surface area contributed by atoms with Gasteiger partial charge in [0.25, 0.3) is 5.69 Å². The van der Waals surface area contributed by atoms with Crippen molar-refractivity contribution in [2.45, 2.75) is 13.0 Å². The molecule has 1 N–H and O–H groups in total. The monoisotopic (exact) mass is 301 g/mol. The van der Waals surface area contributed by atoms with E-state index < -0.39 is 11.0 Å². The normalized spacial score (nSPS) is 11.7. The summed E-state index contributed by atoms with van der Waals surface area (Å²) in [5, 5.41) is 20.7. The van der Waals surface area contributed by atoms with Crippen molar-refractivity contribution in [3.63, 3.8) is 0 Å². The van der Waals surface area contributed by atoms with Gasteiger partial charge in [-0.05, 0) is 36.8 Å². The summed E-state index contributed by atoms with van der Waals surface area (Å²) in [7, 11) is 0. The Bertz CT molecular complexity index is 681. The van der Waals surface area contributed by atoms with Gasteiger partial charge in [-0.15, -0.1) is 0 Å². The van der Waals surface area contributed by atoms with Gasteiger partial charge in [-0.25, -0.2) is 0 Å². The number of benzene rings is 2. The van der Waals surface area contributed by atoms with Crippen LogP contribution in [0.15, 0.2) is 48.5 Å². The van der Waals surface area contributed by atoms with Crippen molar-refractivity contribution in [2.75, 3.05) is 6.61 Å². The van der Waals surface area contributed by atoms with E-state index in [2.05, 4.69) is 0 Å². The van der Waals surface area contributed by atoms with Crippen LogP contribution in [0.5, 0.6) is 5.75 Å². The van der Waals surface area contributed by atoms with Crippen molar-refractivity contribution in [2.24, 2.45) is 0 Å². The summed E-state index contributed by atoms with van der Waals surface area (Å²) in [5.41, 5.74) is 0.906. The molecule has 0 heterocycles. The summed E-state index contributed by atoms with van der Waals surface area (Å²) < 4.78 is 5.43. The van der Waals surface area contributed by atoms with Crippen LogP contribution in [0.2, 0.25) is 0 Å². The Kier molecular flexibility index (Phi) is 4.85. The number of nitrogens with zero attached hydrogens (tertiary/aromatic N) is 1. The molecule has 0 spiro atoms. The van der Waals surface area contributed by atoms with E-state index in [1.807, 2.05) is 0 Å². The van der Waals surface area contributed by atoms with Crippen LogP contribution in [-0.4, -0.2) is 22.4 Å². The molecule has 1 atom stereocenters. The van der Waals surface area contributed by atoms with E-state index in [9.17, 15) is 20.0 Å². The fourth-order valence-corrected chi connectivity index (χ4v) is 1.90. The number of aliphatic hydroxyl groups excluding tert-OH is 1. The number of hydrogen-bond donors (Lipinski definition) is 1. The van der Waals surface area contributed by atoms with Gasteiger partial charge in [0.05, 0.1) is 4.92 Å². The lowest BCUT2D eigenvalue weighted by Crippen LogP contribution is -2.10. The van der Waals surface area contributed by atoms with Crippen LogP contribution in [-0.2, 0) is 0 Å². The van der Waals surface area contributed by atoms with Crippen molar-refractivity contribution in [1.82, 2.24) is 0 Å². The molecule has 0 bridgehead atoms. The first-order valence-corrected chi connectivity index (χ1v) is 6.63. The summed E-state index contributed by atoms with van der Waals surface area (Å²) in [4.78, 5) is 21.3. The molecule has 6 nitrogen and oxygen atoms in total. The summed E-state index contributed by atoms with van der Waals surface area (Å²) in [6, 6.07) is 12.3. The van der Waals surface area contributed by atoms with Crippen LogP contribution < -0.4 is 4.74 Å². The van der Waals surface area contributed by atoms with Crippen LogP contribution in [0.25, 0.3) is 0 Å². The SMILES string of the molecule is CC(=O)c1ccc(OCC(O)c2cccc([N+](=O)[O-])c2)cc1. The van der Waals surface area contributed by atoms with Gasteiger partial charge in [0, 0.05) is 17.7 Å². The second-order valence-electron chi connectivity index (χ2n) is 4.76. The van der Waals surface area contributed by atoms with Crippen LogP contribution >= 0.6 is 0 Å². The third kappa shape index (κ3) is 3.89. The summed E-state index contributed by atoms with van der Waals surface area (Å²) in [5.74, 6) is 0.470. The molecule has 0 aliphatic carbocycles. The number of Topliss-reactive ketones (excluding diaryl/α,β-unsaturated/α-hetero) is 1. The fourth-order valence-electron chi connectivity index (χ4n) is 1.90. The van der Waals surface area contributed by atoms with E-state index in [4.69, 9.17) is 4.74 Å². The molecule has 2 aromatic carbocycles. The molecular weight excluding hydrogens is 286 g/mol. The summed E-state index contributed by atoms with van der Waals surface area (Å²) in [6.45, 7) is 1.43. The van der Waals surface area contributed by atoms with Gasteiger partial charge in [0.1, 0.15) is 18.5 Å². The van der Waals surface area contributed by atoms with E-state index in [-0.39, 0.29) is 18.1 Å². The van der Waals surface area contributed by atoms with Gasteiger partial charge >= 0.3 is 0 Å². The van der Waals surface area contributed by atoms with Crippen molar-refractivity contribution in [3.05, 3.63) is 69.8 Å². The molecule has 0 aromatic heterocycles. The molecule has 22 heavy (non-hydrogen) atoms. The van der Waals surface area contributed by atoms with Gasteiger partial charge in [-0.3, -0.25) is 14.9 Å². The molecule has 0 amide bonds. The number of ether oxygens (including phenoxy) is 1. The molecule has 0 aliphatic rings. The Morgan fingerprint density at radius 3 is 2.55 bits per heavy atom. The molecule has 0 radical (unpaired) electrons. The van der Waals surface area contributed by atoms with Crippen molar-refractivity contribution >= 4 is 11.5 Å². The maximum Gasteiger partial charge on any atom is 0.269 e. The van der Waals surface area contributed by atoms with Crippen LogP contribution in [0, 0.1) is 10.1 Å². The van der Waals surface area contributed by atoms with Crippen LogP contribution in [0.4, 0.5) is 5.69 Å². The van der Waals surface area contributed by atoms with Gasteiger partial charge in [-0.2, -0.15) is 0 Å². The first kappa shape index (κ1) is 15.7. The highest BCUT2D eigenvalue weighted by molar-refractivity contribution is 5.94. The highest BCUT2D eigenvalue weighted by atomic mass is 16.6. The average molecular weight is 301 g/mol. The van der Waals surface area contributed by atoms with Crippen molar-refractivity contribution in [3.8, 4) is 5.75 Å². The van der Waals surface area contributed by atoms with E-state index in [1.54, 1.807) is 30.3 Å². The number of aliphatic hydroxyl groups is 1. The minimum Gasteiger partial charge on any atom is -0.491 e. The number of nitro groups is 1. The molecule has 2 aromatic rings. The summed E-state index contributed by atoms with van der Waals surface area (Å²) >= 11 is 0. The minimum atomic E-state index is -0.979. The lowest BCUT2D eigenvalue weighted by atomic mass is 10.1. The van der Waals surface area contributed by atoms with Gasteiger partial charge < -0.3 is 9.84 Å². The van der Waals surface area contributed by atoms with E-state index in [0.29, 0.717) is 16.9 Å². The molecule has 0 saturated carbocycles. The minimum absolute atomic E-state index is 0.0387. The number of nitro benzene ring substituents is 1. The standard InChI is InChI=1S/C16H15NO5/c1-11(18)12-5-7-15(8-6-12)22-10-16(19)13-3-2-4-14(9-13)17(20)21/h2-9,16,19H,10H2,1H3. The molecule has 0 aliphatic heterocycles. The van der Waals surface area contributed by atoms with Crippen LogP contribution in [0.1, 0.15) is 28.9 Å². The number of rotatable bonds is 6. The van der Waals surface area contributed by atoms with Crippen molar-refractivity contribution in [1.29, 1.82) is 0 Å². The Morgan fingerprint density at radius 1 is 1.27 bits per heavy atom. The van der Waals surface area contributed by atoms with Gasteiger partial charge in [0.15, 0.2) is 5.78 Å². The zero-order valence-corrected chi connectivity index (χ0v) is 11.9. The third-order valence-electron chi connectivity index (χ3n) is 3.13. The number of carbonyl (C=O) groups excluding carboxylic acids is 1. The Balaban J connectivity index is 2.00. The van der Waals surface area contributed by atoms with Gasteiger partial charge in [0.2, 0.25) is 0 Å². The predicted octanol–water partition coefficient (Wildman–Crippen LogP) is 2.91. The smallest absolute Gasteiger partial charge is 0.269 e. The molecule has 0 saturated heterocycles. The lowest BCUT2D eigenvalue weighted by Gasteiger charge is -2.12. The van der Waals surface area contributed by atoms with Crippen LogP contribution in [0.3, 0.4) is 0 Å². The first-order valence-electron chi connectivity index (χ1n) is 6.63. The Labute approximate surface area is 127 Å².